The summed E-state index contributed by atoms with van der Waals surface area (Å²) in [6.45, 7) is 4.78. The van der Waals surface area contributed by atoms with Crippen molar-refractivity contribution in [2.24, 2.45) is 18.9 Å². The van der Waals surface area contributed by atoms with E-state index in [2.05, 4.69) is 4.98 Å². The SMILES string of the molecule is Cc1nc(S(=O)(=O)N2CCC(C(=O)N3CCN(C(=O)C4CCCC4)CC3)CC2)cn1C. The predicted molar refractivity (Wildman–Crippen MR) is 115 cm³/mol. The number of hydrogen-bond donors (Lipinski definition) is 0. The molecule has 0 N–H and O–H groups in total. The van der Waals surface area contributed by atoms with E-state index >= 15 is 0 Å². The molecule has 0 radical (unpaired) electrons. The van der Waals surface area contributed by atoms with E-state index in [1.54, 1.807) is 18.5 Å². The zero-order valence-corrected chi connectivity index (χ0v) is 19.3. The smallest absolute Gasteiger partial charge is 0.262 e. The Morgan fingerprint density at radius 3 is 1.81 bits per heavy atom. The van der Waals surface area contributed by atoms with Crippen LogP contribution in [0.3, 0.4) is 0 Å². The molecule has 1 aromatic heterocycles. The van der Waals surface area contributed by atoms with E-state index in [-0.39, 0.29) is 28.7 Å². The van der Waals surface area contributed by atoms with Crippen LogP contribution in [0.1, 0.15) is 44.3 Å². The number of hydrogen-bond acceptors (Lipinski definition) is 5. The molecule has 2 amide bonds. The maximum Gasteiger partial charge on any atom is 0.262 e. The van der Waals surface area contributed by atoms with Crippen LogP contribution in [0.2, 0.25) is 0 Å². The summed E-state index contributed by atoms with van der Waals surface area (Å²) in [5.41, 5.74) is 0. The minimum absolute atomic E-state index is 0.0697. The van der Waals surface area contributed by atoms with E-state index in [0.717, 1.165) is 25.7 Å². The first kappa shape index (κ1) is 22.3. The van der Waals surface area contributed by atoms with E-state index in [4.69, 9.17) is 0 Å². The zero-order chi connectivity index (χ0) is 22.2. The number of imidazole rings is 1. The Balaban J connectivity index is 1.28. The molecule has 2 saturated heterocycles. The van der Waals surface area contributed by atoms with E-state index in [0.29, 0.717) is 57.9 Å². The van der Waals surface area contributed by atoms with Gasteiger partial charge in [0.25, 0.3) is 10.0 Å². The lowest BCUT2D eigenvalue weighted by Gasteiger charge is -2.39. The summed E-state index contributed by atoms with van der Waals surface area (Å²) in [4.78, 5) is 33.5. The second kappa shape index (κ2) is 8.90. The fourth-order valence-electron chi connectivity index (χ4n) is 4.96. The molecule has 1 aromatic rings. The first-order valence-corrected chi connectivity index (χ1v) is 12.8. The highest BCUT2D eigenvalue weighted by Crippen LogP contribution is 2.28. The van der Waals surface area contributed by atoms with Crippen LogP contribution in [0.4, 0.5) is 0 Å². The van der Waals surface area contributed by atoms with Crippen molar-refractivity contribution in [3.8, 4) is 0 Å². The molecule has 2 aliphatic heterocycles. The van der Waals surface area contributed by atoms with Crippen LogP contribution in [0, 0.1) is 18.8 Å². The van der Waals surface area contributed by atoms with Gasteiger partial charge in [0.2, 0.25) is 11.8 Å². The topological polar surface area (TPSA) is 95.8 Å². The van der Waals surface area contributed by atoms with E-state index in [1.165, 1.54) is 10.5 Å². The van der Waals surface area contributed by atoms with Gasteiger partial charge < -0.3 is 14.4 Å². The summed E-state index contributed by atoms with van der Waals surface area (Å²) < 4.78 is 28.9. The van der Waals surface area contributed by atoms with Crippen molar-refractivity contribution in [3.63, 3.8) is 0 Å². The third kappa shape index (κ3) is 4.50. The van der Waals surface area contributed by atoms with Gasteiger partial charge in [-0.2, -0.15) is 4.31 Å². The molecule has 0 aromatic carbocycles. The monoisotopic (exact) mass is 451 g/mol. The molecule has 172 valence electrons. The lowest BCUT2D eigenvalue weighted by molar-refractivity contribution is -0.144. The zero-order valence-electron chi connectivity index (χ0n) is 18.5. The first-order valence-electron chi connectivity index (χ1n) is 11.3. The molecular formula is C21H33N5O4S. The van der Waals surface area contributed by atoms with Crippen molar-refractivity contribution in [1.82, 2.24) is 23.7 Å². The average Bonchev–Trinajstić information content (AvgIpc) is 3.43. The number of aromatic nitrogens is 2. The maximum absolute atomic E-state index is 13.0. The number of carbonyl (C=O) groups excluding carboxylic acids is 2. The molecule has 31 heavy (non-hydrogen) atoms. The van der Waals surface area contributed by atoms with Gasteiger partial charge in [-0.3, -0.25) is 9.59 Å². The Hall–Kier alpha value is -1.94. The van der Waals surface area contributed by atoms with Crippen LogP contribution in [0.25, 0.3) is 0 Å². The molecule has 3 heterocycles. The lowest BCUT2D eigenvalue weighted by Crippen LogP contribution is -2.54. The Labute approximate surface area is 184 Å². The van der Waals surface area contributed by atoms with Crippen molar-refractivity contribution < 1.29 is 18.0 Å². The van der Waals surface area contributed by atoms with Gasteiger partial charge in [0.05, 0.1) is 0 Å². The molecular weight excluding hydrogens is 418 g/mol. The van der Waals surface area contributed by atoms with Crippen molar-refractivity contribution >= 4 is 21.8 Å². The molecule has 0 unspecified atom stereocenters. The average molecular weight is 452 g/mol. The van der Waals surface area contributed by atoms with Crippen molar-refractivity contribution in [2.45, 2.75) is 50.5 Å². The number of nitrogens with zero attached hydrogens (tertiary/aromatic N) is 5. The third-order valence-corrected chi connectivity index (χ3v) is 8.87. The molecule has 9 nitrogen and oxygen atoms in total. The first-order chi connectivity index (χ1) is 14.8. The van der Waals surface area contributed by atoms with Gasteiger partial charge in [0.15, 0.2) is 5.03 Å². The van der Waals surface area contributed by atoms with Gasteiger partial charge in [-0.1, -0.05) is 12.8 Å². The van der Waals surface area contributed by atoms with Gasteiger partial charge in [-0.25, -0.2) is 13.4 Å². The van der Waals surface area contributed by atoms with E-state index < -0.39 is 10.0 Å². The molecule has 3 fully saturated rings. The summed E-state index contributed by atoms with van der Waals surface area (Å²) >= 11 is 0. The van der Waals surface area contributed by atoms with Crippen LogP contribution >= 0.6 is 0 Å². The minimum Gasteiger partial charge on any atom is -0.339 e. The van der Waals surface area contributed by atoms with Crippen molar-refractivity contribution in [3.05, 3.63) is 12.0 Å². The van der Waals surface area contributed by atoms with Crippen LogP contribution in [-0.4, -0.2) is 83.2 Å². The molecule has 1 aliphatic carbocycles. The summed E-state index contributed by atoms with van der Waals surface area (Å²) in [6.07, 6.45) is 6.85. The van der Waals surface area contributed by atoms with Gasteiger partial charge in [-0.15, -0.1) is 0 Å². The van der Waals surface area contributed by atoms with Crippen molar-refractivity contribution in [1.29, 1.82) is 0 Å². The molecule has 1 saturated carbocycles. The molecule has 4 rings (SSSR count). The Bertz CT molecular complexity index is 902. The molecule has 10 heteroatoms. The van der Waals surface area contributed by atoms with Gasteiger partial charge in [0, 0.05) is 64.3 Å². The highest BCUT2D eigenvalue weighted by atomic mass is 32.2. The number of rotatable bonds is 4. The van der Waals surface area contributed by atoms with E-state index in [1.807, 2.05) is 9.80 Å². The lowest BCUT2D eigenvalue weighted by atomic mass is 9.96. The Kier molecular flexibility index (Phi) is 6.39. The van der Waals surface area contributed by atoms with Crippen LogP contribution in [-0.2, 0) is 26.7 Å². The second-order valence-corrected chi connectivity index (χ2v) is 10.9. The highest BCUT2D eigenvalue weighted by Gasteiger charge is 2.36. The molecule has 0 spiro atoms. The van der Waals surface area contributed by atoms with Crippen LogP contribution < -0.4 is 0 Å². The summed E-state index contributed by atoms with van der Waals surface area (Å²) in [5.74, 6) is 1.02. The fraction of sp³-hybridized carbons (Fsp3) is 0.762. The summed E-state index contributed by atoms with van der Waals surface area (Å²) in [6, 6.07) is 0. The van der Waals surface area contributed by atoms with Gasteiger partial charge in [0.1, 0.15) is 5.82 Å². The number of piperidine rings is 1. The van der Waals surface area contributed by atoms with Crippen LogP contribution in [0.15, 0.2) is 11.2 Å². The van der Waals surface area contributed by atoms with Gasteiger partial charge >= 0.3 is 0 Å². The molecule has 3 aliphatic rings. The highest BCUT2D eigenvalue weighted by molar-refractivity contribution is 7.89. The van der Waals surface area contributed by atoms with Crippen molar-refractivity contribution in [2.75, 3.05) is 39.3 Å². The quantitative estimate of drug-likeness (QED) is 0.680. The number of piperazine rings is 1. The predicted octanol–water partition coefficient (Wildman–Crippen LogP) is 0.990. The maximum atomic E-state index is 13.0. The van der Waals surface area contributed by atoms with Gasteiger partial charge in [-0.05, 0) is 32.6 Å². The normalized spacial score (nSPS) is 22.3. The number of amides is 2. The number of aryl methyl sites for hydroxylation is 2. The summed E-state index contributed by atoms with van der Waals surface area (Å²) in [5, 5.41) is 0.0697. The largest absolute Gasteiger partial charge is 0.339 e. The van der Waals surface area contributed by atoms with E-state index in [9.17, 15) is 18.0 Å². The third-order valence-electron chi connectivity index (χ3n) is 7.10. The second-order valence-electron chi connectivity index (χ2n) is 9.05. The molecule has 0 bridgehead atoms. The summed E-state index contributed by atoms with van der Waals surface area (Å²) in [7, 11) is -1.86. The number of carbonyl (C=O) groups is 2. The fourth-order valence-corrected chi connectivity index (χ4v) is 6.46. The standard InChI is InChI=1S/C21H33N5O4S/c1-16-22-19(15-23(16)2)31(29,30)26-9-7-18(8-10-26)21(28)25-13-11-24(12-14-25)20(27)17-5-3-4-6-17/h15,17-18H,3-14H2,1-2H3. The Morgan fingerprint density at radius 1 is 0.871 bits per heavy atom. The Morgan fingerprint density at radius 2 is 1.35 bits per heavy atom. The minimum atomic E-state index is -3.63. The number of sulfonamides is 1. The van der Waals surface area contributed by atoms with Crippen LogP contribution in [0.5, 0.6) is 0 Å². The molecule has 0 atom stereocenters.